The van der Waals surface area contributed by atoms with Gasteiger partial charge >= 0.3 is 0 Å². The summed E-state index contributed by atoms with van der Waals surface area (Å²) in [6.45, 7) is 3.48. The fourth-order valence-electron chi connectivity index (χ4n) is 1.73. The zero-order valence-electron chi connectivity index (χ0n) is 13.5. The molecule has 0 fully saturated rings. The monoisotopic (exact) mass is 337 g/mol. The molecule has 0 bridgehead atoms. The van der Waals surface area contributed by atoms with Crippen LogP contribution in [0, 0.1) is 0 Å². The first-order valence-electron chi connectivity index (χ1n) is 7.26. The van der Waals surface area contributed by atoms with E-state index in [1.165, 1.54) is 0 Å². The molecule has 0 saturated heterocycles. The van der Waals surface area contributed by atoms with Crippen molar-refractivity contribution in [3.8, 4) is 11.5 Å². The lowest BCUT2D eigenvalue weighted by Crippen LogP contribution is -2.21. The van der Waals surface area contributed by atoms with Crippen LogP contribution >= 0.6 is 0 Å². The lowest BCUT2D eigenvalue weighted by molar-refractivity contribution is 0.482. The van der Waals surface area contributed by atoms with Gasteiger partial charge in [-0.1, -0.05) is 6.58 Å². The van der Waals surface area contributed by atoms with E-state index >= 15 is 0 Å². The van der Waals surface area contributed by atoms with Gasteiger partial charge in [-0.15, -0.1) is 5.10 Å². The van der Waals surface area contributed by atoms with E-state index in [4.69, 9.17) is 21.9 Å². The van der Waals surface area contributed by atoms with E-state index in [9.17, 15) is 0 Å². The highest BCUT2D eigenvalue weighted by Gasteiger charge is 1.98. The molecule has 0 aliphatic rings. The van der Waals surface area contributed by atoms with E-state index in [0.29, 0.717) is 11.5 Å². The molecule has 0 unspecified atom stereocenters. The Labute approximate surface area is 145 Å². The summed E-state index contributed by atoms with van der Waals surface area (Å²) in [6, 6.07) is 14.7. The molecule has 25 heavy (non-hydrogen) atoms. The number of hydrazone groups is 1. The Morgan fingerprint density at radius 1 is 0.880 bits per heavy atom. The van der Waals surface area contributed by atoms with E-state index in [1.54, 1.807) is 12.4 Å². The predicted molar refractivity (Wildman–Crippen MR) is 100 cm³/mol. The van der Waals surface area contributed by atoms with Crippen LogP contribution in [0.15, 0.2) is 76.2 Å². The smallest absolute Gasteiger partial charge is 0.211 e. The molecular weight excluding hydrogens is 318 g/mol. The number of nitrogens with two attached hydrogens (primary N) is 3. The molecule has 0 aromatic heterocycles. The topological polar surface area (TPSA) is 136 Å². The van der Waals surface area contributed by atoms with Crippen LogP contribution in [0.5, 0.6) is 11.5 Å². The SMILES string of the molecule is C=C(N)N/N=C/c1ccc(Oc2ccc(/C=N/N=C(N)N)cc2)cc1. The molecule has 0 aliphatic heterocycles. The van der Waals surface area contributed by atoms with Gasteiger partial charge in [-0.25, -0.2) is 0 Å². The fraction of sp³-hybridized carbons (Fsp3) is 0. The Morgan fingerprint density at radius 3 is 1.88 bits per heavy atom. The van der Waals surface area contributed by atoms with Crippen molar-refractivity contribution >= 4 is 18.4 Å². The lowest BCUT2D eigenvalue weighted by Gasteiger charge is -2.06. The molecule has 2 aromatic rings. The molecule has 2 aromatic carbocycles. The van der Waals surface area contributed by atoms with Crippen molar-refractivity contribution < 1.29 is 4.74 Å². The quantitative estimate of drug-likeness (QED) is 0.344. The van der Waals surface area contributed by atoms with Gasteiger partial charge in [0.2, 0.25) is 5.96 Å². The first kappa shape index (κ1) is 17.5. The maximum absolute atomic E-state index is 5.77. The van der Waals surface area contributed by atoms with Crippen molar-refractivity contribution in [1.29, 1.82) is 0 Å². The van der Waals surface area contributed by atoms with Crippen molar-refractivity contribution in [2.75, 3.05) is 0 Å². The zero-order valence-corrected chi connectivity index (χ0v) is 13.5. The maximum atomic E-state index is 5.77. The molecule has 0 spiro atoms. The molecular formula is C17H19N7O. The molecule has 8 nitrogen and oxygen atoms in total. The van der Waals surface area contributed by atoms with Gasteiger partial charge in [-0.3, -0.25) is 5.43 Å². The predicted octanol–water partition coefficient (Wildman–Crippen LogP) is 1.44. The average Bonchev–Trinajstić information content (AvgIpc) is 2.57. The molecule has 128 valence electrons. The number of nitrogens with one attached hydrogen (secondary N) is 1. The van der Waals surface area contributed by atoms with E-state index in [-0.39, 0.29) is 11.8 Å². The largest absolute Gasteiger partial charge is 0.457 e. The number of ether oxygens (including phenoxy) is 1. The Morgan fingerprint density at radius 2 is 1.40 bits per heavy atom. The first-order valence-corrected chi connectivity index (χ1v) is 7.26. The van der Waals surface area contributed by atoms with Crippen LogP contribution < -0.4 is 27.4 Å². The molecule has 0 radical (unpaired) electrons. The highest BCUT2D eigenvalue weighted by Crippen LogP contribution is 2.21. The summed E-state index contributed by atoms with van der Waals surface area (Å²) in [5.74, 6) is 1.59. The molecule has 0 heterocycles. The third kappa shape index (κ3) is 6.45. The molecule has 0 amide bonds. The summed E-state index contributed by atoms with van der Waals surface area (Å²) in [4.78, 5) is 0. The fourth-order valence-corrected chi connectivity index (χ4v) is 1.73. The van der Waals surface area contributed by atoms with Crippen LogP contribution in [-0.2, 0) is 0 Å². The summed E-state index contributed by atoms with van der Waals surface area (Å²) in [7, 11) is 0. The molecule has 7 N–H and O–H groups in total. The van der Waals surface area contributed by atoms with Crippen LogP contribution in [0.3, 0.4) is 0 Å². The van der Waals surface area contributed by atoms with Crippen LogP contribution in [0.25, 0.3) is 0 Å². The van der Waals surface area contributed by atoms with Gasteiger partial charge in [0.15, 0.2) is 0 Å². The van der Waals surface area contributed by atoms with Crippen LogP contribution in [0.4, 0.5) is 0 Å². The normalized spacial score (nSPS) is 10.7. The lowest BCUT2D eigenvalue weighted by atomic mass is 10.2. The van der Waals surface area contributed by atoms with Gasteiger partial charge in [0.05, 0.1) is 12.4 Å². The number of hydrogen-bond donors (Lipinski definition) is 4. The zero-order chi connectivity index (χ0) is 18.1. The summed E-state index contributed by atoms with van der Waals surface area (Å²) in [5.41, 5.74) is 20.0. The van der Waals surface area contributed by atoms with E-state index in [0.717, 1.165) is 11.1 Å². The van der Waals surface area contributed by atoms with Gasteiger partial charge in [0, 0.05) is 0 Å². The number of benzene rings is 2. The minimum atomic E-state index is -0.0894. The van der Waals surface area contributed by atoms with Crippen molar-refractivity contribution in [3.05, 3.63) is 72.1 Å². The van der Waals surface area contributed by atoms with Crippen molar-refractivity contribution in [1.82, 2.24) is 5.43 Å². The summed E-state index contributed by atoms with van der Waals surface area (Å²) in [5, 5.41) is 11.2. The average molecular weight is 337 g/mol. The molecule has 2 rings (SSSR count). The number of rotatable bonds is 7. The number of nitrogens with zero attached hydrogens (tertiary/aromatic N) is 3. The number of hydrogen-bond acceptors (Lipinski definition) is 6. The Balaban J connectivity index is 1.95. The van der Waals surface area contributed by atoms with Crippen LogP contribution in [0.1, 0.15) is 11.1 Å². The molecule has 8 heteroatoms. The number of guanidine groups is 1. The first-order chi connectivity index (χ1) is 12.0. The van der Waals surface area contributed by atoms with Crippen molar-refractivity contribution in [3.63, 3.8) is 0 Å². The summed E-state index contributed by atoms with van der Waals surface area (Å²) in [6.07, 6.45) is 3.17. The summed E-state index contributed by atoms with van der Waals surface area (Å²) >= 11 is 0. The third-order valence-corrected chi connectivity index (χ3v) is 2.80. The maximum Gasteiger partial charge on any atom is 0.211 e. The second-order valence-electron chi connectivity index (χ2n) is 4.90. The van der Waals surface area contributed by atoms with Crippen molar-refractivity contribution in [2.45, 2.75) is 0 Å². The van der Waals surface area contributed by atoms with Crippen LogP contribution in [0.2, 0.25) is 0 Å². The van der Waals surface area contributed by atoms with Gasteiger partial charge in [-0.05, 0) is 59.7 Å². The molecule has 0 atom stereocenters. The standard InChI is InChI=1S/C17H19N7O/c1-12(18)23-21-10-13-2-6-15(7-3-13)25-16-8-4-14(5-9-16)11-22-24-17(19)20/h2-11,23H,1,18H2,(H4,19,20,24)/b21-10+,22-11+. The Hall–Kier alpha value is -3.81. The van der Waals surface area contributed by atoms with Gasteiger partial charge < -0.3 is 21.9 Å². The van der Waals surface area contributed by atoms with Gasteiger partial charge in [0.25, 0.3) is 0 Å². The van der Waals surface area contributed by atoms with E-state index < -0.39 is 0 Å². The van der Waals surface area contributed by atoms with Crippen molar-refractivity contribution in [2.24, 2.45) is 32.5 Å². The minimum absolute atomic E-state index is 0.0894. The third-order valence-electron chi connectivity index (χ3n) is 2.80. The highest BCUT2D eigenvalue weighted by molar-refractivity contribution is 5.81. The Kier molecular flexibility index (Phi) is 6.12. The summed E-state index contributed by atoms with van der Waals surface area (Å²) < 4.78 is 5.77. The Bertz CT molecular complexity index is 789. The van der Waals surface area contributed by atoms with Crippen LogP contribution in [-0.4, -0.2) is 18.4 Å². The second-order valence-corrected chi connectivity index (χ2v) is 4.90. The van der Waals surface area contributed by atoms with E-state index in [2.05, 4.69) is 27.3 Å². The highest BCUT2D eigenvalue weighted by atomic mass is 16.5. The molecule has 0 aliphatic carbocycles. The second kappa shape index (κ2) is 8.73. The molecule has 0 saturated carbocycles. The van der Waals surface area contributed by atoms with E-state index in [1.807, 2.05) is 48.5 Å². The minimum Gasteiger partial charge on any atom is -0.457 e. The van der Waals surface area contributed by atoms with Gasteiger partial charge in [0.1, 0.15) is 17.3 Å². The van der Waals surface area contributed by atoms with Gasteiger partial charge in [-0.2, -0.15) is 10.2 Å².